The molecule has 0 unspecified atom stereocenters. The molecule has 20 heavy (non-hydrogen) atoms. The first-order valence-electron chi connectivity index (χ1n) is 6.30. The van der Waals surface area contributed by atoms with Crippen molar-refractivity contribution in [3.8, 4) is 5.75 Å². The van der Waals surface area contributed by atoms with Gasteiger partial charge >= 0.3 is 0 Å². The van der Waals surface area contributed by atoms with Gasteiger partial charge in [-0.15, -0.1) is 0 Å². The summed E-state index contributed by atoms with van der Waals surface area (Å²) in [4.78, 5) is 12.1. The van der Waals surface area contributed by atoms with Crippen LogP contribution in [0.15, 0.2) is 42.5 Å². The first kappa shape index (κ1) is 14.5. The Balaban J connectivity index is 2.09. The second-order valence-electron chi connectivity index (χ2n) is 4.31. The average Bonchev–Trinajstić information content (AvgIpc) is 2.44. The molecule has 0 aromatic heterocycles. The highest BCUT2D eigenvalue weighted by Gasteiger charge is 2.09. The minimum absolute atomic E-state index is 0.0577. The van der Waals surface area contributed by atoms with E-state index in [9.17, 15) is 9.18 Å². The SMILES string of the molecule is CCOc1ccc(C(=O)Cc2ccc(Cl)c(F)c2)cc1. The number of hydrogen-bond acceptors (Lipinski definition) is 2. The number of carbonyl (C=O) groups is 1. The number of ether oxygens (including phenoxy) is 1. The Morgan fingerprint density at radius 2 is 1.90 bits per heavy atom. The van der Waals surface area contributed by atoms with Crippen LogP contribution in [-0.4, -0.2) is 12.4 Å². The molecule has 2 rings (SSSR count). The first-order chi connectivity index (χ1) is 9.60. The third kappa shape index (κ3) is 3.58. The van der Waals surface area contributed by atoms with E-state index in [2.05, 4.69) is 0 Å². The summed E-state index contributed by atoms with van der Waals surface area (Å²) in [6, 6.07) is 11.3. The molecule has 0 bridgehead atoms. The van der Waals surface area contributed by atoms with Crippen molar-refractivity contribution in [3.05, 3.63) is 64.4 Å². The number of halogens is 2. The molecular weight excluding hydrogens is 279 g/mol. The van der Waals surface area contributed by atoms with Crippen molar-refractivity contribution in [1.29, 1.82) is 0 Å². The molecule has 2 aromatic rings. The van der Waals surface area contributed by atoms with Crippen LogP contribution in [0.3, 0.4) is 0 Å². The zero-order valence-corrected chi connectivity index (χ0v) is 11.8. The van der Waals surface area contributed by atoms with Gasteiger partial charge in [-0.05, 0) is 48.9 Å². The highest BCUT2D eigenvalue weighted by molar-refractivity contribution is 6.30. The highest BCUT2D eigenvalue weighted by Crippen LogP contribution is 2.18. The van der Waals surface area contributed by atoms with E-state index < -0.39 is 5.82 Å². The van der Waals surface area contributed by atoms with Crippen LogP contribution in [0.2, 0.25) is 5.02 Å². The van der Waals surface area contributed by atoms with Crippen LogP contribution in [0.5, 0.6) is 5.75 Å². The maximum atomic E-state index is 13.3. The summed E-state index contributed by atoms with van der Waals surface area (Å²) in [6.45, 7) is 2.48. The Bertz CT molecular complexity index is 608. The van der Waals surface area contributed by atoms with E-state index in [1.54, 1.807) is 30.3 Å². The minimum Gasteiger partial charge on any atom is -0.494 e. The van der Waals surface area contributed by atoms with Crippen LogP contribution in [0, 0.1) is 5.82 Å². The topological polar surface area (TPSA) is 26.3 Å². The lowest BCUT2D eigenvalue weighted by molar-refractivity contribution is 0.0993. The number of Topliss-reactive ketones (excluding diaryl/α,β-unsaturated/α-hetero) is 1. The van der Waals surface area contributed by atoms with E-state index in [0.717, 1.165) is 5.75 Å². The third-order valence-electron chi connectivity index (χ3n) is 2.84. The number of hydrogen-bond donors (Lipinski definition) is 0. The Morgan fingerprint density at radius 1 is 1.20 bits per heavy atom. The van der Waals surface area contributed by atoms with Gasteiger partial charge in [0.05, 0.1) is 11.6 Å². The molecule has 0 saturated carbocycles. The van der Waals surface area contributed by atoms with Gasteiger partial charge in [0.25, 0.3) is 0 Å². The zero-order valence-electron chi connectivity index (χ0n) is 11.0. The Hall–Kier alpha value is -1.87. The van der Waals surface area contributed by atoms with Crippen molar-refractivity contribution in [3.63, 3.8) is 0 Å². The molecule has 2 nitrogen and oxygen atoms in total. The number of ketones is 1. The lowest BCUT2D eigenvalue weighted by Gasteiger charge is -2.05. The maximum absolute atomic E-state index is 13.3. The summed E-state index contributed by atoms with van der Waals surface area (Å²) in [5, 5.41) is 0.0577. The maximum Gasteiger partial charge on any atom is 0.167 e. The van der Waals surface area contributed by atoms with Crippen molar-refractivity contribution in [2.75, 3.05) is 6.61 Å². The van der Waals surface area contributed by atoms with Crippen LogP contribution < -0.4 is 4.74 Å². The van der Waals surface area contributed by atoms with Crippen molar-refractivity contribution >= 4 is 17.4 Å². The molecule has 0 N–H and O–H groups in total. The molecule has 0 aliphatic carbocycles. The fraction of sp³-hybridized carbons (Fsp3) is 0.188. The Morgan fingerprint density at radius 3 is 2.50 bits per heavy atom. The standard InChI is InChI=1S/C16H14ClFO2/c1-2-20-13-6-4-12(5-7-13)16(19)10-11-3-8-14(17)15(18)9-11/h3-9H,2,10H2,1H3. The van der Waals surface area contributed by atoms with Gasteiger partial charge in [-0.25, -0.2) is 4.39 Å². The van der Waals surface area contributed by atoms with Gasteiger partial charge < -0.3 is 4.74 Å². The zero-order chi connectivity index (χ0) is 14.5. The lowest BCUT2D eigenvalue weighted by atomic mass is 10.0. The highest BCUT2D eigenvalue weighted by atomic mass is 35.5. The molecule has 0 saturated heterocycles. The van der Waals surface area contributed by atoms with Crippen LogP contribution in [-0.2, 0) is 6.42 Å². The van der Waals surface area contributed by atoms with E-state index in [0.29, 0.717) is 17.7 Å². The predicted octanol–water partition coefficient (Wildman–Crippen LogP) is 4.30. The molecule has 0 aliphatic heterocycles. The Labute approximate surface area is 122 Å². The quantitative estimate of drug-likeness (QED) is 0.768. The lowest BCUT2D eigenvalue weighted by Crippen LogP contribution is -2.04. The van der Waals surface area contributed by atoms with Crippen LogP contribution in [0.4, 0.5) is 4.39 Å². The largest absolute Gasteiger partial charge is 0.494 e. The van der Waals surface area contributed by atoms with E-state index in [1.807, 2.05) is 6.92 Å². The summed E-state index contributed by atoms with van der Waals surface area (Å²) in [7, 11) is 0. The Kier molecular flexibility index (Phi) is 4.74. The van der Waals surface area contributed by atoms with Gasteiger partial charge in [-0.3, -0.25) is 4.79 Å². The summed E-state index contributed by atoms with van der Waals surface area (Å²) >= 11 is 5.61. The monoisotopic (exact) mass is 292 g/mol. The molecule has 0 aliphatic rings. The molecular formula is C16H14ClFO2. The molecule has 0 fully saturated rings. The van der Waals surface area contributed by atoms with E-state index >= 15 is 0 Å². The second kappa shape index (κ2) is 6.53. The second-order valence-corrected chi connectivity index (χ2v) is 4.71. The van der Waals surface area contributed by atoms with Gasteiger partial charge in [-0.2, -0.15) is 0 Å². The third-order valence-corrected chi connectivity index (χ3v) is 3.14. The summed E-state index contributed by atoms with van der Waals surface area (Å²) in [5.41, 5.74) is 1.18. The van der Waals surface area contributed by atoms with E-state index in [4.69, 9.17) is 16.3 Å². The van der Waals surface area contributed by atoms with Crippen LogP contribution in [0.1, 0.15) is 22.8 Å². The van der Waals surface area contributed by atoms with Gasteiger partial charge in [0.15, 0.2) is 5.78 Å². The average molecular weight is 293 g/mol. The van der Waals surface area contributed by atoms with E-state index in [1.165, 1.54) is 12.1 Å². The summed E-state index contributed by atoms with van der Waals surface area (Å²) < 4.78 is 18.6. The van der Waals surface area contributed by atoms with Gasteiger partial charge in [0.2, 0.25) is 0 Å². The summed E-state index contributed by atoms with van der Waals surface area (Å²) in [6.07, 6.45) is 0.141. The molecule has 0 spiro atoms. The fourth-order valence-corrected chi connectivity index (χ4v) is 1.96. The fourth-order valence-electron chi connectivity index (χ4n) is 1.84. The van der Waals surface area contributed by atoms with Gasteiger partial charge in [0.1, 0.15) is 11.6 Å². The molecule has 0 atom stereocenters. The van der Waals surface area contributed by atoms with Crippen molar-refractivity contribution in [2.24, 2.45) is 0 Å². The molecule has 104 valence electrons. The van der Waals surface area contributed by atoms with Crippen molar-refractivity contribution < 1.29 is 13.9 Å². The van der Waals surface area contributed by atoms with Gasteiger partial charge in [-0.1, -0.05) is 17.7 Å². The molecule has 0 radical (unpaired) electrons. The number of rotatable bonds is 5. The molecule has 0 heterocycles. The number of carbonyl (C=O) groups excluding carboxylic acids is 1. The normalized spacial score (nSPS) is 10.3. The van der Waals surface area contributed by atoms with Crippen LogP contribution in [0.25, 0.3) is 0 Å². The van der Waals surface area contributed by atoms with Gasteiger partial charge in [0, 0.05) is 12.0 Å². The van der Waals surface area contributed by atoms with E-state index in [-0.39, 0.29) is 17.2 Å². The molecule has 0 amide bonds. The smallest absolute Gasteiger partial charge is 0.167 e. The minimum atomic E-state index is -0.510. The molecule has 2 aromatic carbocycles. The predicted molar refractivity (Wildman–Crippen MR) is 77.1 cm³/mol. The summed E-state index contributed by atoms with van der Waals surface area (Å²) in [5.74, 6) is 0.139. The first-order valence-corrected chi connectivity index (χ1v) is 6.68. The van der Waals surface area contributed by atoms with Crippen molar-refractivity contribution in [2.45, 2.75) is 13.3 Å². The van der Waals surface area contributed by atoms with Crippen molar-refractivity contribution in [1.82, 2.24) is 0 Å². The number of benzene rings is 2. The van der Waals surface area contributed by atoms with Crippen LogP contribution >= 0.6 is 11.6 Å². The molecule has 4 heteroatoms.